The Hall–Kier alpha value is -3.31. The number of nitrogens with one attached hydrogen (secondary N) is 4. The van der Waals surface area contributed by atoms with Crippen LogP contribution in [0.3, 0.4) is 0 Å². The van der Waals surface area contributed by atoms with Gasteiger partial charge in [0.2, 0.25) is 11.8 Å². The summed E-state index contributed by atoms with van der Waals surface area (Å²) in [5.74, 6) is -1.71. The van der Waals surface area contributed by atoms with Gasteiger partial charge in [-0.25, -0.2) is 13.9 Å². The predicted octanol–water partition coefficient (Wildman–Crippen LogP) is 16.5. The molecule has 0 aromatic carbocycles. The van der Waals surface area contributed by atoms with Gasteiger partial charge in [-0.2, -0.15) is 0 Å². The van der Waals surface area contributed by atoms with Gasteiger partial charge in [-0.1, -0.05) is 220 Å². The summed E-state index contributed by atoms with van der Waals surface area (Å²) in [4.78, 5) is 87.4. The number of carbonyl (C=O) groups is 5. The first-order valence-electron chi connectivity index (χ1n) is 39.4. The highest BCUT2D eigenvalue weighted by Gasteiger charge is 2.29. The summed E-state index contributed by atoms with van der Waals surface area (Å²) < 4.78 is 70.6. The molecule has 0 aliphatic rings. The molecule has 4 unspecified atom stereocenters. The predicted molar refractivity (Wildman–Crippen MR) is 398 cm³/mol. The van der Waals surface area contributed by atoms with Crippen molar-refractivity contribution < 1.29 is 90.1 Å². The molecule has 0 spiro atoms. The molecular formula is C75H144N4O19P2. The Bertz CT molecular complexity index is 1990. The number of carbonyl (C=O) groups excluding carboxylic acids is 5. The Kier molecular flexibility index (Phi) is 66.5. The van der Waals surface area contributed by atoms with Crippen LogP contribution in [-0.4, -0.2) is 152 Å². The zero-order valence-corrected chi connectivity index (χ0v) is 65.1. The topological polar surface area (TPSA) is 322 Å². The number of amides is 4. The largest absolute Gasteiger partial charge is 0.472 e. The van der Waals surface area contributed by atoms with Crippen LogP contribution in [0.5, 0.6) is 0 Å². The van der Waals surface area contributed by atoms with Crippen LogP contribution in [0.15, 0.2) is 24.3 Å². The Labute approximate surface area is 605 Å². The molecule has 100 heavy (non-hydrogen) atoms. The lowest BCUT2D eigenvalue weighted by atomic mass is 10.1. The van der Waals surface area contributed by atoms with Crippen LogP contribution < -0.4 is 21.3 Å². The average molecular weight is 1470 g/mol. The van der Waals surface area contributed by atoms with Gasteiger partial charge in [-0.3, -0.25) is 37.3 Å². The Morgan fingerprint density at radius 3 is 1.02 bits per heavy atom. The number of allylic oxidation sites excluding steroid dienone is 4. The maximum Gasteiger partial charge on any atom is 0.472 e. The normalized spacial score (nSPS) is 14.8. The van der Waals surface area contributed by atoms with Gasteiger partial charge in [-0.05, 0) is 103 Å². The molecule has 0 rings (SSSR count). The van der Waals surface area contributed by atoms with Gasteiger partial charge in [0.05, 0.1) is 76.8 Å². The highest BCUT2D eigenvalue weighted by Crippen LogP contribution is 2.44. The van der Waals surface area contributed by atoms with E-state index in [0.717, 1.165) is 167 Å². The molecule has 0 aromatic rings. The van der Waals surface area contributed by atoms with Crippen molar-refractivity contribution in [3.8, 4) is 0 Å². The fourth-order valence-electron chi connectivity index (χ4n) is 11.0. The molecule has 0 saturated carbocycles. The number of esters is 2. The van der Waals surface area contributed by atoms with E-state index in [1.807, 2.05) is 0 Å². The second kappa shape index (κ2) is 68.8. The van der Waals surface area contributed by atoms with E-state index in [2.05, 4.69) is 87.1 Å². The molecule has 8 N–H and O–H groups in total. The molecule has 0 aliphatic carbocycles. The molecule has 8 atom stereocenters. The molecule has 0 radical (unpaired) electrons. The van der Waals surface area contributed by atoms with E-state index < -0.39 is 96.4 Å². The minimum Gasteiger partial charge on any atom is -0.462 e. The van der Waals surface area contributed by atoms with E-state index in [1.54, 1.807) is 0 Å². The Balaban J connectivity index is 5.68. The van der Waals surface area contributed by atoms with Gasteiger partial charge in [0.1, 0.15) is 12.2 Å². The van der Waals surface area contributed by atoms with Crippen LogP contribution >= 0.6 is 15.6 Å². The highest BCUT2D eigenvalue weighted by molar-refractivity contribution is 7.47. The number of hydrogen-bond acceptors (Lipinski definition) is 17. The number of aliphatic hydroxyl groups is 2. The van der Waals surface area contributed by atoms with Crippen LogP contribution in [-0.2, 0) is 65.4 Å². The summed E-state index contributed by atoms with van der Waals surface area (Å²) >= 11 is 0. The number of rotatable bonds is 74. The van der Waals surface area contributed by atoms with Crippen molar-refractivity contribution in [2.24, 2.45) is 0 Å². The fraction of sp³-hybridized carbons (Fsp3) is 0.880. The summed E-state index contributed by atoms with van der Waals surface area (Å²) in [6, 6.07) is -2.66. The van der Waals surface area contributed by atoms with Gasteiger partial charge in [0.15, 0.2) is 0 Å². The zero-order chi connectivity index (χ0) is 73.8. The fourth-order valence-corrected chi connectivity index (χ4v) is 12.5. The number of phosphoric acid groups is 2. The number of ether oxygens (including phenoxy) is 4. The van der Waals surface area contributed by atoms with E-state index in [0.29, 0.717) is 51.4 Å². The average Bonchev–Trinajstić information content (AvgIpc) is 0.923. The van der Waals surface area contributed by atoms with Crippen LogP contribution in [0, 0.1) is 0 Å². The van der Waals surface area contributed by atoms with Crippen LogP contribution in [0.4, 0.5) is 4.79 Å². The summed E-state index contributed by atoms with van der Waals surface area (Å²) in [7, 11) is -9.57. The van der Waals surface area contributed by atoms with Gasteiger partial charge in [0.25, 0.3) is 0 Å². The number of unbranched alkanes of at least 4 members (excludes halogenated alkanes) is 26. The zero-order valence-electron chi connectivity index (χ0n) is 63.3. The Morgan fingerprint density at radius 1 is 0.370 bits per heavy atom. The summed E-state index contributed by atoms with van der Waals surface area (Å²) in [5, 5.41) is 31.7. The lowest BCUT2D eigenvalue weighted by molar-refractivity contribution is -0.152. The molecule has 23 nitrogen and oxygen atoms in total. The van der Waals surface area contributed by atoms with Gasteiger partial charge >= 0.3 is 33.6 Å². The van der Waals surface area contributed by atoms with E-state index in [-0.39, 0.29) is 77.1 Å². The lowest BCUT2D eigenvalue weighted by Crippen LogP contribution is -2.43. The van der Waals surface area contributed by atoms with Gasteiger partial charge < -0.3 is 60.2 Å². The van der Waals surface area contributed by atoms with Crippen LogP contribution in [0.2, 0.25) is 0 Å². The Morgan fingerprint density at radius 2 is 0.680 bits per heavy atom. The van der Waals surface area contributed by atoms with Crippen molar-refractivity contribution in [2.45, 2.75) is 361 Å². The third-order valence-electron chi connectivity index (χ3n) is 17.0. The maximum atomic E-state index is 13.7. The van der Waals surface area contributed by atoms with Crippen molar-refractivity contribution in [3.63, 3.8) is 0 Å². The molecule has 4 amide bonds. The van der Waals surface area contributed by atoms with Crippen molar-refractivity contribution in [3.05, 3.63) is 24.3 Å². The third-order valence-corrected chi connectivity index (χ3v) is 18.9. The molecule has 0 bridgehead atoms. The molecule has 0 heterocycles. The summed E-state index contributed by atoms with van der Waals surface area (Å²) in [5.41, 5.74) is 0. The van der Waals surface area contributed by atoms with Crippen molar-refractivity contribution in [1.82, 2.24) is 21.3 Å². The van der Waals surface area contributed by atoms with Crippen LogP contribution in [0.25, 0.3) is 0 Å². The first-order chi connectivity index (χ1) is 48.3. The SMILES string of the molecule is CCCCCC/C=C\CCCC(=O)O[C@H](CCCCCCC)CC(=O)NC(COCC[C@H](O)CCCCCCC)COP(=O)(O)OCCNC(=O)NCCOP(=O)(O)OCC(COCC[C@H](O)CCCCCCC)NC(=O)C[C@@H](CCCCCCC)OC(=O)CCC/C=C\CCCCCC. The number of aliphatic hydroxyl groups excluding tert-OH is 2. The quantitative estimate of drug-likeness (QED) is 0.0121. The number of urea groups is 1. The van der Waals surface area contributed by atoms with E-state index in [4.69, 9.17) is 37.0 Å². The number of phosphoric ester groups is 2. The van der Waals surface area contributed by atoms with E-state index in [9.17, 15) is 53.1 Å². The molecular weight excluding hydrogens is 1320 g/mol. The van der Waals surface area contributed by atoms with Gasteiger partial charge in [0, 0.05) is 39.1 Å². The molecule has 25 heteroatoms. The second-order valence-electron chi connectivity index (χ2n) is 26.8. The van der Waals surface area contributed by atoms with Crippen molar-refractivity contribution in [1.29, 1.82) is 0 Å². The summed E-state index contributed by atoms with van der Waals surface area (Å²) in [6.07, 6.45) is 43.7. The summed E-state index contributed by atoms with van der Waals surface area (Å²) in [6.45, 7) is 10.4. The maximum absolute atomic E-state index is 13.7. The molecule has 588 valence electrons. The molecule has 0 fully saturated rings. The third kappa shape index (κ3) is 65.5. The van der Waals surface area contributed by atoms with Gasteiger partial charge in [-0.15, -0.1) is 0 Å². The van der Waals surface area contributed by atoms with E-state index >= 15 is 0 Å². The van der Waals surface area contributed by atoms with Crippen molar-refractivity contribution >= 4 is 45.4 Å². The second-order valence-corrected chi connectivity index (χ2v) is 29.7. The minimum atomic E-state index is -4.78. The highest BCUT2D eigenvalue weighted by atomic mass is 31.2. The molecule has 0 aromatic heterocycles. The smallest absolute Gasteiger partial charge is 0.462 e. The van der Waals surface area contributed by atoms with E-state index in [1.165, 1.54) is 38.5 Å². The van der Waals surface area contributed by atoms with Crippen molar-refractivity contribution in [2.75, 3.05) is 65.9 Å². The minimum absolute atomic E-state index is 0.134. The first kappa shape index (κ1) is 96.7. The monoisotopic (exact) mass is 1470 g/mol. The lowest BCUT2D eigenvalue weighted by Gasteiger charge is -2.23. The standard InChI is InChI=1S/C75H144N4O19P2/c1-7-13-19-25-27-29-31-37-43-49-73(84)97-69(47-41-35-23-17-11-5)59-71(82)78-65(61-91-55-51-67(80)45-39-33-21-15-9-3)63-95-99(87,88)93-57-53-76-75(86)77-54-58-94-100(89,90)96-64-66(62-92-56-52-68(81)46-40-34-22-16-10-4)79-72(83)60-70(48-42-36-24-18-12-6)98-74(85)50-44-38-32-30-28-26-20-14-8-2/h29-32,65-70,80-81H,7-28,33-64H2,1-6H3,(H,78,82)(H,79,83)(H,87,88)(H,89,90)(H2,76,77,86)/b31-29-,32-30-/t65?,66?,67-,68-,69-,70-/m1/s1. The molecule has 0 aliphatic heterocycles. The first-order valence-corrected chi connectivity index (χ1v) is 42.4. The number of hydrogen-bond donors (Lipinski definition) is 8. The van der Waals surface area contributed by atoms with Crippen LogP contribution in [0.1, 0.15) is 324 Å². The molecule has 0 saturated heterocycles.